The number of carbonyl (C=O) groups is 1. The minimum absolute atomic E-state index is 0.299. The highest BCUT2D eigenvalue weighted by Crippen LogP contribution is 2.23. The first-order valence-electron chi connectivity index (χ1n) is 7.73. The zero-order valence-corrected chi connectivity index (χ0v) is 14.2. The molecule has 24 heavy (non-hydrogen) atoms. The van der Waals surface area contributed by atoms with Crippen molar-refractivity contribution in [2.24, 2.45) is 4.99 Å². The molecule has 1 heterocycles. The topological polar surface area (TPSA) is 47.9 Å². The summed E-state index contributed by atoms with van der Waals surface area (Å²) in [7, 11) is 1.63. The molecule has 4 heteroatoms. The molecule has 0 unspecified atom stereocenters. The lowest BCUT2D eigenvalue weighted by molar-refractivity contribution is -0.129. The average Bonchev–Trinajstić information content (AvgIpc) is 2.91. The monoisotopic (exact) mass is 321 g/mol. The molecule has 2 aromatic rings. The number of aryl methyl sites for hydroxylation is 3. The van der Waals surface area contributed by atoms with Gasteiger partial charge in [-0.05, 0) is 73.4 Å². The Morgan fingerprint density at radius 1 is 1.00 bits per heavy atom. The van der Waals surface area contributed by atoms with Crippen molar-refractivity contribution in [3.63, 3.8) is 0 Å². The Hall–Kier alpha value is -2.88. The lowest BCUT2D eigenvalue weighted by Gasteiger charge is -2.04. The van der Waals surface area contributed by atoms with E-state index >= 15 is 0 Å². The number of cyclic esters (lactones) is 1. The normalized spacial score (nSPS) is 15.4. The van der Waals surface area contributed by atoms with Crippen LogP contribution in [-0.2, 0) is 9.53 Å². The highest BCUT2D eigenvalue weighted by atomic mass is 16.6. The third kappa shape index (κ3) is 3.08. The predicted molar refractivity (Wildman–Crippen MR) is 94.3 cm³/mol. The van der Waals surface area contributed by atoms with Gasteiger partial charge in [0.1, 0.15) is 5.75 Å². The maximum Gasteiger partial charge on any atom is 0.363 e. The lowest BCUT2D eigenvalue weighted by atomic mass is 10.1. The van der Waals surface area contributed by atoms with Crippen LogP contribution in [0.25, 0.3) is 6.08 Å². The van der Waals surface area contributed by atoms with Gasteiger partial charge in [0, 0.05) is 5.56 Å². The molecule has 1 aliphatic rings. The zero-order chi connectivity index (χ0) is 17.3. The van der Waals surface area contributed by atoms with Crippen molar-refractivity contribution in [3.05, 3.63) is 69.9 Å². The minimum Gasteiger partial charge on any atom is -0.496 e. The second-order valence-electron chi connectivity index (χ2n) is 5.86. The van der Waals surface area contributed by atoms with Crippen molar-refractivity contribution in [3.8, 4) is 5.75 Å². The summed E-state index contributed by atoms with van der Waals surface area (Å²) in [6.07, 6.45) is 1.73. The molecule has 1 aliphatic heterocycles. The van der Waals surface area contributed by atoms with Crippen LogP contribution in [0.5, 0.6) is 5.75 Å². The summed E-state index contributed by atoms with van der Waals surface area (Å²) in [6.45, 7) is 6.02. The van der Waals surface area contributed by atoms with Gasteiger partial charge >= 0.3 is 5.97 Å². The third-order valence-electron chi connectivity index (χ3n) is 4.10. The standard InChI is InChI=1S/C20H19NO3/c1-12-5-7-16(10-13(12)2)19-21-17(20(22)24-19)11-15-6-8-18(23-4)14(3)9-15/h5-11H,1-4H3/b17-11+. The number of rotatable bonds is 3. The quantitative estimate of drug-likeness (QED) is 0.635. The Kier molecular flexibility index (Phi) is 4.21. The molecule has 0 N–H and O–H groups in total. The van der Waals surface area contributed by atoms with E-state index < -0.39 is 5.97 Å². The van der Waals surface area contributed by atoms with Crippen molar-refractivity contribution in [2.45, 2.75) is 20.8 Å². The van der Waals surface area contributed by atoms with Crippen LogP contribution in [0.1, 0.15) is 27.8 Å². The molecular weight excluding hydrogens is 302 g/mol. The number of carbonyl (C=O) groups excluding carboxylic acids is 1. The maximum atomic E-state index is 12.1. The lowest BCUT2D eigenvalue weighted by Crippen LogP contribution is -2.05. The number of aliphatic imine (C=N–C) groups is 1. The van der Waals surface area contributed by atoms with E-state index in [1.165, 1.54) is 5.56 Å². The fraction of sp³-hybridized carbons (Fsp3) is 0.200. The van der Waals surface area contributed by atoms with Crippen LogP contribution in [0.4, 0.5) is 0 Å². The molecule has 0 amide bonds. The first-order valence-corrected chi connectivity index (χ1v) is 7.73. The van der Waals surface area contributed by atoms with E-state index in [0.29, 0.717) is 11.6 Å². The van der Waals surface area contributed by atoms with Crippen LogP contribution in [-0.4, -0.2) is 19.0 Å². The number of benzene rings is 2. The molecule has 0 saturated heterocycles. The van der Waals surface area contributed by atoms with Gasteiger partial charge in [0.25, 0.3) is 0 Å². The summed E-state index contributed by atoms with van der Waals surface area (Å²) >= 11 is 0. The molecule has 0 fully saturated rings. The van der Waals surface area contributed by atoms with Crippen LogP contribution in [0.15, 0.2) is 47.1 Å². The van der Waals surface area contributed by atoms with Crippen molar-refractivity contribution in [1.82, 2.24) is 0 Å². The summed E-state index contributed by atoms with van der Waals surface area (Å²) in [5.41, 5.74) is 5.30. The molecule has 0 aromatic heterocycles. The predicted octanol–water partition coefficient (Wildman–Crippen LogP) is 3.96. The Morgan fingerprint density at radius 2 is 1.79 bits per heavy atom. The van der Waals surface area contributed by atoms with E-state index in [1.54, 1.807) is 13.2 Å². The maximum absolute atomic E-state index is 12.1. The molecule has 2 aromatic carbocycles. The molecule has 4 nitrogen and oxygen atoms in total. The number of esters is 1. The third-order valence-corrected chi connectivity index (χ3v) is 4.10. The van der Waals surface area contributed by atoms with E-state index in [-0.39, 0.29) is 0 Å². The van der Waals surface area contributed by atoms with E-state index in [9.17, 15) is 4.79 Å². The van der Waals surface area contributed by atoms with Gasteiger partial charge in [0.05, 0.1) is 7.11 Å². The summed E-state index contributed by atoms with van der Waals surface area (Å²) in [4.78, 5) is 16.4. The summed E-state index contributed by atoms with van der Waals surface area (Å²) in [5, 5.41) is 0. The van der Waals surface area contributed by atoms with Gasteiger partial charge in [-0.2, -0.15) is 0 Å². The number of ether oxygens (including phenoxy) is 2. The van der Waals surface area contributed by atoms with Crippen LogP contribution in [0.3, 0.4) is 0 Å². The molecule has 122 valence electrons. The Labute approximate surface area is 141 Å². The number of hydrogen-bond acceptors (Lipinski definition) is 4. The van der Waals surface area contributed by atoms with Gasteiger partial charge in [0.15, 0.2) is 5.70 Å². The van der Waals surface area contributed by atoms with E-state index in [2.05, 4.69) is 4.99 Å². The van der Waals surface area contributed by atoms with Crippen LogP contribution < -0.4 is 4.74 Å². The second kappa shape index (κ2) is 6.32. The van der Waals surface area contributed by atoms with Crippen LogP contribution >= 0.6 is 0 Å². The summed E-state index contributed by atoms with van der Waals surface area (Å²) in [6, 6.07) is 11.6. The second-order valence-corrected chi connectivity index (χ2v) is 5.86. The van der Waals surface area contributed by atoms with Gasteiger partial charge in [0.2, 0.25) is 5.90 Å². The molecule has 0 saturated carbocycles. The fourth-order valence-corrected chi connectivity index (χ4v) is 2.56. The SMILES string of the molecule is COc1ccc(/C=C2/N=C(c3ccc(C)c(C)c3)OC2=O)cc1C. The van der Waals surface area contributed by atoms with E-state index in [1.807, 2.05) is 57.2 Å². The first-order chi connectivity index (χ1) is 11.5. The number of hydrogen-bond donors (Lipinski definition) is 0. The Balaban J connectivity index is 1.93. The Morgan fingerprint density at radius 3 is 2.46 bits per heavy atom. The molecule has 0 atom stereocenters. The van der Waals surface area contributed by atoms with Gasteiger partial charge in [-0.1, -0.05) is 12.1 Å². The average molecular weight is 321 g/mol. The van der Waals surface area contributed by atoms with Gasteiger partial charge in [-0.15, -0.1) is 0 Å². The highest BCUT2D eigenvalue weighted by Gasteiger charge is 2.24. The Bertz CT molecular complexity index is 878. The largest absolute Gasteiger partial charge is 0.496 e. The molecule has 0 radical (unpaired) electrons. The smallest absolute Gasteiger partial charge is 0.363 e. The minimum atomic E-state index is -0.434. The van der Waals surface area contributed by atoms with Crippen LogP contribution in [0, 0.1) is 20.8 Å². The number of methoxy groups -OCH3 is 1. The van der Waals surface area contributed by atoms with Crippen molar-refractivity contribution in [2.75, 3.05) is 7.11 Å². The molecule has 0 spiro atoms. The molecular formula is C20H19NO3. The van der Waals surface area contributed by atoms with Gasteiger partial charge in [-0.3, -0.25) is 0 Å². The highest BCUT2D eigenvalue weighted by molar-refractivity contribution is 6.12. The zero-order valence-electron chi connectivity index (χ0n) is 14.2. The molecule has 0 aliphatic carbocycles. The fourth-order valence-electron chi connectivity index (χ4n) is 2.56. The first kappa shape index (κ1) is 16.0. The van der Waals surface area contributed by atoms with Crippen LogP contribution in [0.2, 0.25) is 0 Å². The van der Waals surface area contributed by atoms with Gasteiger partial charge in [-0.25, -0.2) is 9.79 Å². The van der Waals surface area contributed by atoms with E-state index in [4.69, 9.17) is 9.47 Å². The molecule has 0 bridgehead atoms. The number of nitrogens with zero attached hydrogens (tertiary/aromatic N) is 1. The van der Waals surface area contributed by atoms with Crippen molar-refractivity contribution in [1.29, 1.82) is 0 Å². The van der Waals surface area contributed by atoms with Crippen molar-refractivity contribution >= 4 is 17.9 Å². The summed E-state index contributed by atoms with van der Waals surface area (Å²) in [5.74, 6) is 0.724. The van der Waals surface area contributed by atoms with Gasteiger partial charge < -0.3 is 9.47 Å². The van der Waals surface area contributed by atoms with Crippen molar-refractivity contribution < 1.29 is 14.3 Å². The molecule has 3 rings (SSSR count). The van der Waals surface area contributed by atoms with E-state index in [0.717, 1.165) is 28.0 Å². The summed E-state index contributed by atoms with van der Waals surface area (Å²) < 4.78 is 10.6.